The van der Waals surface area contributed by atoms with E-state index in [2.05, 4.69) is 14.8 Å². The van der Waals surface area contributed by atoms with Crippen molar-refractivity contribution in [3.8, 4) is 0 Å². The first kappa shape index (κ1) is 14.9. The Labute approximate surface area is 112 Å². The number of rotatable bonds is 2. The summed E-state index contributed by atoms with van der Waals surface area (Å²) >= 11 is 0. The van der Waals surface area contributed by atoms with E-state index in [-0.39, 0.29) is 18.8 Å². The van der Waals surface area contributed by atoms with Crippen molar-refractivity contribution in [3.05, 3.63) is 0 Å². The maximum atomic E-state index is 12.3. The highest BCUT2D eigenvalue weighted by molar-refractivity contribution is 5.76. The predicted octanol–water partition coefficient (Wildman–Crippen LogP) is 1.99. The van der Waals surface area contributed by atoms with Crippen LogP contribution in [-0.2, 0) is 14.3 Å². The van der Waals surface area contributed by atoms with Crippen molar-refractivity contribution in [1.82, 2.24) is 5.32 Å². The lowest BCUT2D eigenvalue weighted by Crippen LogP contribution is -2.54. The van der Waals surface area contributed by atoms with E-state index < -0.39 is 30.3 Å². The van der Waals surface area contributed by atoms with Gasteiger partial charge in [-0.1, -0.05) is 6.42 Å². The second-order valence-corrected chi connectivity index (χ2v) is 4.97. The summed E-state index contributed by atoms with van der Waals surface area (Å²) in [6, 6.07) is 0. The summed E-state index contributed by atoms with van der Waals surface area (Å²) in [5.74, 6) is -2.65. The topological polar surface area (TPSA) is 84.9 Å². The number of ether oxygens (including phenoxy) is 2. The largest absolute Gasteiger partial charge is 0.507 e. The molecule has 0 aromatic carbocycles. The van der Waals surface area contributed by atoms with Gasteiger partial charge in [0.05, 0.1) is 0 Å². The summed E-state index contributed by atoms with van der Waals surface area (Å²) in [6.07, 6.45) is -5.24. The van der Waals surface area contributed by atoms with Crippen LogP contribution in [0.5, 0.6) is 0 Å². The molecule has 2 aliphatic rings. The minimum absolute atomic E-state index is 0.192. The molecule has 114 valence electrons. The van der Waals surface area contributed by atoms with Crippen LogP contribution in [0.3, 0.4) is 0 Å². The fourth-order valence-electron chi connectivity index (χ4n) is 2.89. The molecule has 3 atom stereocenters. The number of halogens is 3. The minimum Gasteiger partial charge on any atom is -0.450 e. The molecule has 0 radical (unpaired) electrons. The lowest BCUT2D eigenvalue weighted by atomic mass is 9.82. The Morgan fingerprint density at radius 1 is 1.30 bits per heavy atom. The first-order chi connectivity index (χ1) is 9.23. The van der Waals surface area contributed by atoms with E-state index in [4.69, 9.17) is 5.11 Å². The summed E-state index contributed by atoms with van der Waals surface area (Å²) in [6.45, 7) is 0. The van der Waals surface area contributed by atoms with Crippen molar-refractivity contribution < 1.29 is 37.3 Å². The number of carboxylic acid groups (broad SMARTS) is 1. The summed E-state index contributed by atoms with van der Waals surface area (Å²) in [7, 11) is 0. The minimum atomic E-state index is -5.08. The average molecular weight is 297 g/mol. The molecule has 1 aliphatic heterocycles. The van der Waals surface area contributed by atoms with E-state index in [1.807, 2.05) is 0 Å². The van der Waals surface area contributed by atoms with Crippen molar-refractivity contribution in [2.75, 3.05) is 0 Å². The van der Waals surface area contributed by atoms with Gasteiger partial charge in [-0.3, -0.25) is 0 Å². The Bertz CT molecular complexity index is 413. The Kier molecular flexibility index (Phi) is 3.81. The number of esters is 1. The van der Waals surface area contributed by atoms with Crippen LogP contribution >= 0.6 is 0 Å². The zero-order valence-corrected chi connectivity index (χ0v) is 10.4. The van der Waals surface area contributed by atoms with E-state index >= 15 is 0 Å². The van der Waals surface area contributed by atoms with Gasteiger partial charge in [0.25, 0.3) is 0 Å². The van der Waals surface area contributed by atoms with Crippen molar-refractivity contribution in [1.29, 1.82) is 0 Å². The molecule has 2 fully saturated rings. The molecule has 0 amide bonds. The summed E-state index contributed by atoms with van der Waals surface area (Å²) < 4.78 is 46.2. The highest BCUT2D eigenvalue weighted by atomic mass is 19.4. The van der Waals surface area contributed by atoms with Crippen LogP contribution < -0.4 is 5.32 Å². The molecule has 0 aromatic rings. The van der Waals surface area contributed by atoms with E-state index in [0.29, 0.717) is 12.8 Å². The maximum Gasteiger partial charge on any atom is 0.507 e. The first-order valence-corrected chi connectivity index (χ1v) is 6.20. The van der Waals surface area contributed by atoms with Crippen molar-refractivity contribution in [2.45, 2.75) is 50.2 Å². The molecule has 9 heteroatoms. The molecule has 1 heterocycles. The first-order valence-electron chi connectivity index (χ1n) is 6.20. The van der Waals surface area contributed by atoms with Gasteiger partial charge >= 0.3 is 18.3 Å². The smallest absolute Gasteiger partial charge is 0.450 e. The van der Waals surface area contributed by atoms with Crippen molar-refractivity contribution >= 4 is 12.1 Å². The predicted molar refractivity (Wildman–Crippen MR) is 57.5 cm³/mol. The number of nitrogens with one attached hydrogen (secondary N) is 1. The van der Waals surface area contributed by atoms with Gasteiger partial charge in [-0.25, -0.2) is 14.9 Å². The quantitative estimate of drug-likeness (QED) is 0.758. The van der Waals surface area contributed by atoms with Gasteiger partial charge in [-0.15, -0.1) is 0 Å². The van der Waals surface area contributed by atoms with Gasteiger partial charge in [-0.2, -0.15) is 13.2 Å². The second-order valence-electron chi connectivity index (χ2n) is 4.97. The van der Waals surface area contributed by atoms with Crippen LogP contribution in [-0.4, -0.2) is 35.4 Å². The normalized spacial score (nSPS) is 33.4. The van der Waals surface area contributed by atoms with Crippen LogP contribution in [0.2, 0.25) is 0 Å². The van der Waals surface area contributed by atoms with E-state index in [9.17, 15) is 22.8 Å². The fraction of sp³-hybridized carbons (Fsp3) is 0.818. The van der Waals surface area contributed by atoms with Crippen LogP contribution in [0.15, 0.2) is 0 Å². The second kappa shape index (κ2) is 5.12. The van der Waals surface area contributed by atoms with Gasteiger partial charge in [-0.05, 0) is 12.8 Å². The highest BCUT2D eigenvalue weighted by Gasteiger charge is 2.55. The number of alkyl halides is 3. The molecule has 20 heavy (non-hydrogen) atoms. The fourth-order valence-corrected chi connectivity index (χ4v) is 2.89. The Morgan fingerprint density at radius 2 is 2.00 bits per heavy atom. The van der Waals surface area contributed by atoms with Crippen molar-refractivity contribution in [3.63, 3.8) is 0 Å². The van der Waals surface area contributed by atoms with Crippen LogP contribution in [0.25, 0.3) is 0 Å². The zero-order chi connectivity index (χ0) is 15.0. The highest BCUT2D eigenvalue weighted by Crippen LogP contribution is 2.43. The standard InChI is InChI=1S/C11H14F3NO5/c12-11(13,14)8(16)20-10-4-2-1-3-6(10)5-7(15-10)19-9(17)18/h6-7,15H,1-5H2,(H,17,18)/t6?,7?,10-/m1/s1. The zero-order valence-electron chi connectivity index (χ0n) is 10.4. The number of carbonyl (C=O) groups excluding carboxylic acids is 1. The van der Waals surface area contributed by atoms with E-state index in [1.54, 1.807) is 0 Å². The number of hydrogen-bond acceptors (Lipinski definition) is 5. The molecule has 1 saturated heterocycles. The van der Waals surface area contributed by atoms with Gasteiger partial charge in [0.2, 0.25) is 0 Å². The Morgan fingerprint density at radius 3 is 2.60 bits per heavy atom. The van der Waals surface area contributed by atoms with Gasteiger partial charge < -0.3 is 14.6 Å². The van der Waals surface area contributed by atoms with Gasteiger partial charge in [0.1, 0.15) is 0 Å². The number of fused-ring (bicyclic) bond motifs is 1. The van der Waals surface area contributed by atoms with Gasteiger partial charge in [0.15, 0.2) is 12.0 Å². The third kappa shape index (κ3) is 2.97. The van der Waals surface area contributed by atoms with Crippen LogP contribution in [0, 0.1) is 5.92 Å². The molecule has 1 aliphatic carbocycles. The number of hydrogen-bond donors (Lipinski definition) is 2. The molecule has 1 saturated carbocycles. The molecule has 2 rings (SSSR count). The van der Waals surface area contributed by atoms with Gasteiger partial charge in [0, 0.05) is 18.8 Å². The van der Waals surface area contributed by atoms with E-state index in [0.717, 1.165) is 6.42 Å². The molecular formula is C11H14F3NO5. The maximum absolute atomic E-state index is 12.3. The van der Waals surface area contributed by atoms with Crippen molar-refractivity contribution in [2.24, 2.45) is 5.92 Å². The summed E-state index contributed by atoms with van der Waals surface area (Å²) in [5.41, 5.74) is -1.48. The third-order valence-electron chi connectivity index (χ3n) is 3.66. The third-order valence-corrected chi connectivity index (χ3v) is 3.66. The molecule has 0 aromatic heterocycles. The van der Waals surface area contributed by atoms with Crippen LogP contribution in [0.1, 0.15) is 32.1 Å². The molecule has 0 bridgehead atoms. The lowest BCUT2D eigenvalue weighted by molar-refractivity contribution is -0.223. The lowest BCUT2D eigenvalue weighted by Gasteiger charge is -2.38. The summed E-state index contributed by atoms with van der Waals surface area (Å²) in [5, 5.41) is 11.1. The molecule has 0 spiro atoms. The monoisotopic (exact) mass is 297 g/mol. The molecule has 2 unspecified atom stereocenters. The SMILES string of the molecule is O=C(O)OC1CC2CCCC[C@]2(OC(=O)C(F)(F)F)N1. The van der Waals surface area contributed by atoms with Crippen LogP contribution in [0.4, 0.5) is 18.0 Å². The molecular weight excluding hydrogens is 283 g/mol. The Hall–Kier alpha value is -1.51. The van der Waals surface area contributed by atoms with E-state index in [1.165, 1.54) is 0 Å². The number of carbonyl (C=O) groups is 2. The summed E-state index contributed by atoms with van der Waals surface area (Å²) in [4.78, 5) is 21.6. The molecule has 6 nitrogen and oxygen atoms in total. The average Bonchev–Trinajstić information content (AvgIpc) is 2.64. The Balaban J connectivity index is 2.12. The molecule has 2 N–H and O–H groups in total.